The summed E-state index contributed by atoms with van der Waals surface area (Å²) < 4.78 is 10.8. The summed E-state index contributed by atoms with van der Waals surface area (Å²) in [5.41, 5.74) is 0. The molecule has 1 fully saturated rings. The molecular formula is C13H28N2O2. The average molecular weight is 244 g/mol. The zero-order valence-corrected chi connectivity index (χ0v) is 11.6. The highest BCUT2D eigenvalue weighted by atomic mass is 16.5. The van der Waals surface area contributed by atoms with E-state index in [1.807, 2.05) is 14.0 Å². The summed E-state index contributed by atoms with van der Waals surface area (Å²) >= 11 is 0. The highest BCUT2D eigenvalue weighted by Gasteiger charge is 2.25. The third-order valence-corrected chi connectivity index (χ3v) is 3.51. The molecule has 0 aliphatic carbocycles. The van der Waals surface area contributed by atoms with Crippen molar-refractivity contribution in [1.29, 1.82) is 0 Å². The molecule has 1 aliphatic rings. The van der Waals surface area contributed by atoms with Crippen LogP contribution in [-0.2, 0) is 9.47 Å². The molecule has 17 heavy (non-hydrogen) atoms. The maximum atomic E-state index is 5.51. The lowest BCUT2D eigenvalue weighted by atomic mass is 9.96. The van der Waals surface area contributed by atoms with Gasteiger partial charge in [0.05, 0.1) is 12.7 Å². The molecule has 4 heteroatoms. The molecule has 1 heterocycles. The molecule has 0 spiro atoms. The van der Waals surface area contributed by atoms with E-state index in [0.717, 1.165) is 39.4 Å². The Kier molecular flexibility index (Phi) is 7.77. The van der Waals surface area contributed by atoms with Crippen LogP contribution in [0, 0.1) is 5.92 Å². The molecular weight excluding hydrogens is 216 g/mol. The molecule has 1 saturated heterocycles. The van der Waals surface area contributed by atoms with Crippen LogP contribution in [0.5, 0.6) is 0 Å². The third kappa shape index (κ3) is 5.82. The van der Waals surface area contributed by atoms with E-state index in [4.69, 9.17) is 9.47 Å². The Labute approximate surface area is 106 Å². The van der Waals surface area contributed by atoms with Gasteiger partial charge in [0.25, 0.3) is 0 Å². The number of hydrogen-bond acceptors (Lipinski definition) is 4. The fraction of sp³-hybridized carbons (Fsp3) is 1.00. The van der Waals surface area contributed by atoms with Crippen LogP contribution in [0.2, 0.25) is 0 Å². The minimum Gasteiger partial charge on any atom is -0.380 e. The Morgan fingerprint density at radius 1 is 1.35 bits per heavy atom. The number of ether oxygens (including phenoxy) is 2. The van der Waals surface area contributed by atoms with Gasteiger partial charge in [-0.05, 0) is 25.8 Å². The van der Waals surface area contributed by atoms with Crippen molar-refractivity contribution in [3.05, 3.63) is 0 Å². The van der Waals surface area contributed by atoms with Gasteiger partial charge in [0.2, 0.25) is 0 Å². The molecule has 0 saturated carbocycles. The van der Waals surface area contributed by atoms with E-state index in [2.05, 4.69) is 17.1 Å². The Hall–Kier alpha value is -0.160. The van der Waals surface area contributed by atoms with E-state index in [1.54, 1.807) is 0 Å². The molecule has 1 aliphatic heterocycles. The number of methoxy groups -OCH3 is 1. The van der Waals surface area contributed by atoms with Gasteiger partial charge in [0.1, 0.15) is 0 Å². The van der Waals surface area contributed by atoms with E-state index in [-0.39, 0.29) is 0 Å². The largest absolute Gasteiger partial charge is 0.380 e. The highest BCUT2D eigenvalue weighted by Crippen LogP contribution is 2.18. The van der Waals surface area contributed by atoms with Crippen molar-refractivity contribution in [1.82, 2.24) is 10.2 Å². The molecule has 1 N–H and O–H groups in total. The number of hydrogen-bond donors (Lipinski definition) is 1. The number of piperidine rings is 1. The maximum absolute atomic E-state index is 5.51. The van der Waals surface area contributed by atoms with Crippen LogP contribution >= 0.6 is 0 Å². The molecule has 2 atom stereocenters. The Bertz CT molecular complexity index is 190. The minimum absolute atomic E-state index is 0.409. The Balaban J connectivity index is 2.03. The van der Waals surface area contributed by atoms with Gasteiger partial charge in [-0.15, -0.1) is 0 Å². The molecule has 102 valence electrons. The van der Waals surface area contributed by atoms with Gasteiger partial charge < -0.3 is 14.8 Å². The van der Waals surface area contributed by atoms with Gasteiger partial charge in [0, 0.05) is 39.9 Å². The van der Waals surface area contributed by atoms with Gasteiger partial charge in [-0.1, -0.05) is 6.92 Å². The van der Waals surface area contributed by atoms with Crippen molar-refractivity contribution < 1.29 is 9.47 Å². The van der Waals surface area contributed by atoms with Gasteiger partial charge in [-0.25, -0.2) is 0 Å². The summed E-state index contributed by atoms with van der Waals surface area (Å²) in [4.78, 5) is 2.49. The summed E-state index contributed by atoms with van der Waals surface area (Å²) in [7, 11) is 1.82. The molecule has 1 rings (SSSR count). The smallest absolute Gasteiger partial charge is 0.0724 e. The van der Waals surface area contributed by atoms with Crippen molar-refractivity contribution in [3.8, 4) is 0 Å². The molecule has 0 aromatic heterocycles. The zero-order chi connectivity index (χ0) is 12.5. The molecule has 0 radical (unpaired) electrons. The summed E-state index contributed by atoms with van der Waals surface area (Å²) in [5, 5.41) is 3.40. The number of nitrogens with one attached hydrogen (secondary N) is 1. The van der Waals surface area contributed by atoms with Crippen LogP contribution in [0.3, 0.4) is 0 Å². The lowest BCUT2D eigenvalue weighted by molar-refractivity contribution is -0.00451. The van der Waals surface area contributed by atoms with Crippen LogP contribution in [0.1, 0.15) is 20.3 Å². The van der Waals surface area contributed by atoms with Crippen LogP contribution < -0.4 is 5.32 Å². The standard InChI is InChI=1S/C13H28N2O2/c1-4-17-10-7-14-6-9-15-8-5-12(2)13(11-15)16-3/h12-14H,4-11H2,1-3H3. The van der Waals surface area contributed by atoms with Crippen LogP contribution in [0.15, 0.2) is 0 Å². The third-order valence-electron chi connectivity index (χ3n) is 3.51. The predicted octanol–water partition coefficient (Wildman–Crippen LogP) is 0.969. The predicted molar refractivity (Wildman–Crippen MR) is 70.4 cm³/mol. The minimum atomic E-state index is 0.409. The Morgan fingerprint density at radius 3 is 2.88 bits per heavy atom. The molecule has 0 bridgehead atoms. The van der Waals surface area contributed by atoms with E-state index in [9.17, 15) is 0 Å². The normalized spacial score (nSPS) is 26.3. The SMILES string of the molecule is CCOCCNCCN1CCC(C)C(OC)C1. The summed E-state index contributed by atoms with van der Waals surface area (Å²) in [6.45, 7) is 11.3. The van der Waals surface area contributed by atoms with Gasteiger partial charge in [0.15, 0.2) is 0 Å². The second-order valence-electron chi connectivity index (χ2n) is 4.79. The van der Waals surface area contributed by atoms with Crippen molar-refractivity contribution in [2.75, 3.05) is 53.0 Å². The number of likely N-dealkylation sites (tertiary alicyclic amines) is 1. The number of rotatable bonds is 8. The van der Waals surface area contributed by atoms with Gasteiger partial charge >= 0.3 is 0 Å². The van der Waals surface area contributed by atoms with Crippen LogP contribution in [0.25, 0.3) is 0 Å². The Morgan fingerprint density at radius 2 is 2.18 bits per heavy atom. The maximum Gasteiger partial charge on any atom is 0.0724 e. The second kappa shape index (κ2) is 8.86. The lowest BCUT2D eigenvalue weighted by Gasteiger charge is -2.36. The van der Waals surface area contributed by atoms with Crippen LogP contribution in [-0.4, -0.2) is 64.1 Å². The molecule has 4 nitrogen and oxygen atoms in total. The van der Waals surface area contributed by atoms with Crippen molar-refractivity contribution >= 4 is 0 Å². The second-order valence-corrected chi connectivity index (χ2v) is 4.79. The zero-order valence-electron chi connectivity index (χ0n) is 11.6. The quantitative estimate of drug-likeness (QED) is 0.645. The summed E-state index contributed by atoms with van der Waals surface area (Å²) in [5.74, 6) is 0.696. The van der Waals surface area contributed by atoms with E-state index in [1.165, 1.54) is 13.0 Å². The first-order valence-electron chi connectivity index (χ1n) is 6.81. The monoisotopic (exact) mass is 244 g/mol. The number of nitrogens with zero attached hydrogens (tertiary/aromatic N) is 1. The first-order chi connectivity index (χ1) is 8.27. The topological polar surface area (TPSA) is 33.7 Å². The molecule has 0 amide bonds. The first-order valence-corrected chi connectivity index (χ1v) is 6.81. The summed E-state index contributed by atoms with van der Waals surface area (Å²) in [6.07, 6.45) is 1.66. The summed E-state index contributed by atoms with van der Waals surface area (Å²) in [6, 6.07) is 0. The van der Waals surface area contributed by atoms with E-state index < -0.39 is 0 Å². The van der Waals surface area contributed by atoms with Gasteiger partial charge in [-0.2, -0.15) is 0 Å². The van der Waals surface area contributed by atoms with Crippen molar-refractivity contribution in [2.24, 2.45) is 5.92 Å². The molecule has 0 aromatic carbocycles. The van der Waals surface area contributed by atoms with Crippen molar-refractivity contribution in [3.63, 3.8) is 0 Å². The van der Waals surface area contributed by atoms with Crippen molar-refractivity contribution in [2.45, 2.75) is 26.4 Å². The highest BCUT2D eigenvalue weighted by molar-refractivity contribution is 4.78. The molecule has 2 unspecified atom stereocenters. The lowest BCUT2D eigenvalue weighted by Crippen LogP contribution is -2.46. The van der Waals surface area contributed by atoms with Gasteiger partial charge in [-0.3, -0.25) is 4.90 Å². The van der Waals surface area contributed by atoms with Crippen LogP contribution in [0.4, 0.5) is 0 Å². The molecule has 0 aromatic rings. The fourth-order valence-corrected chi connectivity index (χ4v) is 2.26. The average Bonchev–Trinajstić information content (AvgIpc) is 2.35. The van der Waals surface area contributed by atoms with E-state index >= 15 is 0 Å². The van der Waals surface area contributed by atoms with E-state index in [0.29, 0.717) is 12.0 Å². The fourth-order valence-electron chi connectivity index (χ4n) is 2.26. The first kappa shape index (κ1) is 14.9.